The number of para-hydroxylation sites is 1. The van der Waals surface area contributed by atoms with E-state index in [0.717, 1.165) is 31.6 Å². The first-order valence-corrected chi connectivity index (χ1v) is 8.13. The van der Waals surface area contributed by atoms with Crippen LogP contribution in [0.25, 0.3) is 5.69 Å². The molecule has 0 radical (unpaired) electrons. The molecule has 0 saturated carbocycles. The third-order valence-electron chi connectivity index (χ3n) is 4.25. The van der Waals surface area contributed by atoms with Gasteiger partial charge in [-0.05, 0) is 31.4 Å². The van der Waals surface area contributed by atoms with Crippen molar-refractivity contribution in [3.05, 3.63) is 42.5 Å². The van der Waals surface area contributed by atoms with E-state index in [4.69, 9.17) is 4.74 Å². The van der Waals surface area contributed by atoms with Crippen LogP contribution in [0.2, 0.25) is 0 Å². The quantitative estimate of drug-likeness (QED) is 0.917. The summed E-state index contributed by atoms with van der Waals surface area (Å²) in [6, 6.07) is 9.85. The lowest BCUT2D eigenvalue weighted by Crippen LogP contribution is -2.41. The van der Waals surface area contributed by atoms with Crippen molar-refractivity contribution in [2.45, 2.75) is 38.8 Å². The van der Waals surface area contributed by atoms with Crippen molar-refractivity contribution in [2.24, 2.45) is 5.92 Å². The second-order valence-electron chi connectivity index (χ2n) is 5.74. The Kier molecular flexibility index (Phi) is 5.02. The second kappa shape index (κ2) is 7.37. The van der Waals surface area contributed by atoms with Crippen LogP contribution in [0.1, 0.15) is 32.0 Å². The molecule has 0 bridgehead atoms. The average molecular weight is 314 g/mol. The molecule has 3 rings (SSSR count). The minimum Gasteiger partial charge on any atom is -0.377 e. The monoisotopic (exact) mass is 314 g/mol. The van der Waals surface area contributed by atoms with Gasteiger partial charge in [0.25, 0.3) is 0 Å². The third-order valence-corrected chi connectivity index (χ3v) is 4.25. The van der Waals surface area contributed by atoms with Gasteiger partial charge in [-0.1, -0.05) is 25.1 Å². The summed E-state index contributed by atoms with van der Waals surface area (Å²) in [5.74, 6) is 0.690. The van der Waals surface area contributed by atoms with Crippen molar-refractivity contribution in [3.63, 3.8) is 0 Å². The minimum absolute atomic E-state index is 0.0238. The first kappa shape index (κ1) is 15.7. The Morgan fingerprint density at radius 3 is 3.00 bits per heavy atom. The number of nitrogens with zero attached hydrogens (tertiary/aromatic N) is 3. The van der Waals surface area contributed by atoms with Gasteiger partial charge in [0, 0.05) is 12.3 Å². The summed E-state index contributed by atoms with van der Waals surface area (Å²) >= 11 is 0. The summed E-state index contributed by atoms with van der Waals surface area (Å²) < 4.78 is 7.58. The first-order chi connectivity index (χ1) is 11.3. The summed E-state index contributed by atoms with van der Waals surface area (Å²) in [4.78, 5) is 12.5. The maximum atomic E-state index is 12.5. The third kappa shape index (κ3) is 3.59. The van der Waals surface area contributed by atoms with Crippen LogP contribution < -0.4 is 5.32 Å². The number of nitrogens with one attached hydrogen (secondary N) is 1. The lowest BCUT2D eigenvalue weighted by atomic mass is 9.92. The van der Waals surface area contributed by atoms with E-state index in [1.54, 1.807) is 6.33 Å². The summed E-state index contributed by atoms with van der Waals surface area (Å²) in [7, 11) is 0. The topological polar surface area (TPSA) is 69.0 Å². The van der Waals surface area contributed by atoms with Crippen LogP contribution in [0.3, 0.4) is 0 Å². The molecule has 6 heteroatoms. The standard InChI is InChI=1S/C17H22N4O2/c1-2-15-14(9-6-10-23-15)17(22)18-11-16-20-19-12-21(16)13-7-4-3-5-8-13/h3-5,7-8,12,14-15H,2,6,9-11H2,1H3,(H,18,22). The van der Waals surface area contributed by atoms with Crippen molar-refractivity contribution >= 4 is 5.91 Å². The van der Waals surface area contributed by atoms with Crippen LogP contribution in [0.4, 0.5) is 0 Å². The van der Waals surface area contributed by atoms with Crippen molar-refractivity contribution in [1.82, 2.24) is 20.1 Å². The van der Waals surface area contributed by atoms with Crippen LogP contribution in [0.15, 0.2) is 36.7 Å². The number of amides is 1. The lowest BCUT2D eigenvalue weighted by molar-refractivity contribution is -0.134. The molecule has 1 N–H and O–H groups in total. The number of hydrogen-bond donors (Lipinski definition) is 1. The van der Waals surface area contributed by atoms with E-state index >= 15 is 0 Å². The lowest BCUT2D eigenvalue weighted by Gasteiger charge is -2.30. The predicted molar refractivity (Wildman–Crippen MR) is 86.0 cm³/mol. The highest BCUT2D eigenvalue weighted by molar-refractivity contribution is 5.79. The minimum atomic E-state index is -0.0677. The van der Waals surface area contributed by atoms with Gasteiger partial charge in [-0.15, -0.1) is 10.2 Å². The highest BCUT2D eigenvalue weighted by atomic mass is 16.5. The van der Waals surface area contributed by atoms with Crippen LogP contribution in [0, 0.1) is 5.92 Å². The van der Waals surface area contributed by atoms with E-state index in [2.05, 4.69) is 22.4 Å². The number of aromatic nitrogens is 3. The van der Waals surface area contributed by atoms with Crippen molar-refractivity contribution < 1.29 is 9.53 Å². The number of carbonyl (C=O) groups is 1. The highest BCUT2D eigenvalue weighted by Crippen LogP contribution is 2.23. The molecule has 1 fully saturated rings. The maximum Gasteiger partial charge on any atom is 0.226 e. The van der Waals surface area contributed by atoms with Gasteiger partial charge >= 0.3 is 0 Å². The number of rotatable bonds is 5. The van der Waals surface area contributed by atoms with E-state index in [0.29, 0.717) is 12.4 Å². The molecule has 1 aliphatic heterocycles. The molecule has 0 spiro atoms. The van der Waals surface area contributed by atoms with E-state index < -0.39 is 0 Å². The summed E-state index contributed by atoms with van der Waals surface area (Å²) in [5.41, 5.74) is 0.981. The zero-order valence-corrected chi connectivity index (χ0v) is 13.3. The van der Waals surface area contributed by atoms with Crippen LogP contribution in [-0.4, -0.2) is 33.4 Å². The number of hydrogen-bond acceptors (Lipinski definition) is 4. The highest BCUT2D eigenvalue weighted by Gasteiger charge is 2.30. The molecule has 2 aromatic rings. The van der Waals surface area contributed by atoms with Crippen molar-refractivity contribution in [1.29, 1.82) is 0 Å². The normalized spacial score (nSPS) is 21.1. The van der Waals surface area contributed by atoms with E-state index in [-0.39, 0.29) is 17.9 Å². The van der Waals surface area contributed by atoms with Crippen molar-refractivity contribution in [3.8, 4) is 5.69 Å². The summed E-state index contributed by atoms with van der Waals surface area (Å²) in [5, 5.41) is 11.1. The number of ether oxygens (including phenoxy) is 1. The average Bonchev–Trinajstić information content (AvgIpc) is 3.09. The van der Waals surface area contributed by atoms with Gasteiger partial charge in [0.1, 0.15) is 6.33 Å². The van der Waals surface area contributed by atoms with Gasteiger partial charge in [0.2, 0.25) is 5.91 Å². The Hall–Kier alpha value is -2.21. The van der Waals surface area contributed by atoms with Gasteiger partial charge in [-0.25, -0.2) is 0 Å². The molecule has 1 amide bonds. The second-order valence-corrected chi connectivity index (χ2v) is 5.74. The van der Waals surface area contributed by atoms with E-state index in [1.165, 1.54) is 0 Å². The molecule has 1 aromatic heterocycles. The SMILES string of the molecule is CCC1OCCCC1C(=O)NCc1nncn1-c1ccccc1. The molecule has 2 unspecified atom stereocenters. The molecular weight excluding hydrogens is 292 g/mol. The molecular formula is C17H22N4O2. The zero-order valence-electron chi connectivity index (χ0n) is 13.3. The van der Waals surface area contributed by atoms with Gasteiger partial charge < -0.3 is 10.1 Å². The summed E-state index contributed by atoms with van der Waals surface area (Å²) in [6.07, 6.45) is 4.37. The molecule has 122 valence electrons. The molecule has 0 aliphatic carbocycles. The molecule has 1 saturated heterocycles. The van der Waals surface area contributed by atoms with Crippen LogP contribution in [0.5, 0.6) is 0 Å². The van der Waals surface area contributed by atoms with Crippen molar-refractivity contribution in [2.75, 3.05) is 6.61 Å². The Labute approximate surface area is 135 Å². The maximum absolute atomic E-state index is 12.5. The largest absolute Gasteiger partial charge is 0.377 e. The van der Waals surface area contributed by atoms with E-state index in [1.807, 2.05) is 34.9 Å². The van der Waals surface area contributed by atoms with Crippen LogP contribution >= 0.6 is 0 Å². The fourth-order valence-electron chi connectivity index (χ4n) is 3.02. The molecule has 1 aromatic carbocycles. The first-order valence-electron chi connectivity index (χ1n) is 8.13. The van der Waals surface area contributed by atoms with Gasteiger partial charge in [0.15, 0.2) is 5.82 Å². The Morgan fingerprint density at radius 2 is 2.22 bits per heavy atom. The van der Waals surface area contributed by atoms with Crippen LogP contribution in [-0.2, 0) is 16.1 Å². The Bertz CT molecular complexity index is 641. The Balaban J connectivity index is 1.65. The van der Waals surface area contributed by atoms with E-state index in [9.17, 15) is 4.79 Å². The predicted octanol–water partition coefficient (Wildman–Crippen LogP) is 2.09. The van der Waals surface area contributed by atoms with Gasteiger partial charge in [0.05, 0.1) is 18.6 Å². The molecule has 2 atom stereocenters. The molecule has 23 heavy (non-hydrogen) atoms. The number of carbonyl (C=O) groups excluding carboxylic acids is 1. The zero-order chi connectivity index (χ0) is 16.1. The smallest absolute Gasteiger partial charge is 0.226 e. The number of benzene rings is 1. The Morgan fingerprint density at radius 1 is 1.39 bits per heavy atom. The van der Waals surface area contributed by atoms with Gasteiger partial charge in [-0.3, -0.25) is 9.36 Å². The molecule has 6 nitrogen and oxygen atoms in total. The van der Waals surface area contributed by atoms with Gasteiger partial charge in [-0.2, -0.15) is 0 Å². The summed E-state index contributed by atoms with van der Waals surface area (Å²) in [6.45, 7) is 3.17. The fourth-order valence-corrected chi connectivity index (χ4v) is 3.02. The fraction of sp³-hybridized carbons (Fsp3) is 0.471. The molecule has 1 aliphatic rings. The molecule has 2 heterocycles.